The van der Waals surface area contributed by atoms with Gasteiger partial charge in [0.25, 0.3) is 0 Å². The molecule has 1 aromatic heterocycles. The molecule has 0 amide bonds. The summed E-state index contributed by atoms with van der Waals surface area (Å²) in [6.07, 6.45) is 3.00. The molecule has 2 rings (SSSR count). The highest BCUT2D eigenvalue weighted by molar-refractivity contribution is 7.91. The van der Waals surface area contributed by atoms with Crippen molar-refractivity contribution in [2.75, 3.05) is 11.5 Å². The van der Waals surface area contributed by atoms with Crippen molar-refractivity contribution < 1.29 is 8.42 Å². The molecule has 88 valence electrons. The molecule has 0 saturated carbocycles. The monoisotopic (exact) mass is 241 g/mol. The summed E-state index contributed by atoms with van der Waals surface area (Å²) in [6, 6.07) is 1.85. The summed E-state index contributed by atoms with van der Waals surface area (Å²) in [5.41, 5.74) is 6.39. The van der Waals surface area contributed by atoms with Gasteiger partial charge in [0.05, 0.1) is 18.1 Å². The van der Waals surface area contributed by atoms with Gasteiger partial charge in [-0.15, -0.1) is 0 Å². The molecular weight excluding hydrogens is 226 g/mol. The second-order valence-electron chi connectivity index (χ2n) is 4.03. The van der Waals surface area contributed by atoms with E-state index in [1.54, 1.807) is 6.20 Å². The van der Waals surface area contributed by atoms with Crippen LogP contribution in [0, 0.1) is 0 Å². The number of nitrogens with two attached hydrogens (primary N) is 1. The van der Waals surface area contributed by atoms with E-state index in [1.807, 2.05) is 6.07 Å². The van der Waals surface area contributed by atoms with Crippen molar-refractivity contribution in [2.45, 2.75) is 25.3 Å². The molecule has 1 aromatic rings. The van der Waals surface area contributed by atoms with Crippen molar-refractivity contribution >= 4 is 9.84 Å². The van der Waals surface area contributed by atoms with Gasteiger partial charge in [-0.3, -0.25) is 0 Å². The largest absolute Gasteiger partial charge is 0.324 e. The van der Waals surface area contributed by atoms with E-state index in [9.17, 15) is 8.42 Å². The summed E-state index contributed by atoms with van der Waals surface area (Å²) in [5.74, 6) is 1.38. The Balaban J connectivity index is 2.13. The SMILES string of the molecule is NCc1nccc(C2CCS(=O)(=O)CC2)n1. The van der Waals surface area contributed by atoms with Crippen molar-refractivity contribution in [1.29, 1.82) is 0 Å². The summed E-state index contributed by atoms with van der Waals surface area (Å²) in [6.45, 7) is 0.318. The van der Waals surface area contributed by atoms with E-state index < -0.39 is 9.84 Å². The number of hydrogen-bond acceptors (Lipinski definition) is 5. The topological polar surface area (TPSA) is 85.9 Å². The lowest BCUT2D eigenvalue weighted by molar-refractivity contribution is 0.542. The standard InChI is InChI=1S/C10H15N3O2S/c11-7-10-12-4-1-9(13-10)8-2-5-16(14,15)6-3-8/h1,4,8H,2-3,5-7,11H2. The number of nitrogens with zero attached hydrogens (tertiary/aromatic N) is 2. The number of hydrogen-bond donors (Lipinski definition) is 1. The Hall–Kier alpha value is -1.01. The minimum Gasteiger partial charge on any atom is -0.324 e. The Morgan fingerprint density at radius 1 is 1.38 bits per heavy atom. The van der Waals surface area contributed by atoms with E-state index in [0.29, 0.717) is 25.2 Å². The fraction of sp³-hybridized carbons (Fsp3) is 0.600. The Labute approximate surface area is 95.0 Å². The number of rotatable bonds is 2. The molecule has 0 aliphatic carbocycles. The van der Waals surface area contributed by atoms with Crippen LogP contribution < -0.4 is 5.73 Å². The number of sulfone groups is 1. The first kappa shape index (κ1) is 11.5. The summed E-state index contributed by atoms with van der Waals surface area (Å²) in [5, 5.41) is 0. The van der Waals surface area contributed by atoms with Gasteiger partial charge in [-0.2, -0.15) is 0 Å². The first-order valence-corrected chi connectivity index (χ1v) is 7.15. The Morgan fingerprint density at radius 2 is 2.06 bits per heavy atom. The molecule has 2 N–H and O–H groups in total. The van der Waals surface area contributed by atoms with Crippen molar-refractivity contribution in [1.82, 2.24) is 9.97 Å². The second kappa shape index (κ2) is 4.47. The third-order valence-electron chi connectivity index (χ3n) is 2.88. The summed E-state index contributed by atoms with van der Waals surface area (Å²) >= 11 is 0. The highest BCUT2D eigenvalue weighted by Crippen LogP contribution is 2.27. The molecule has 6 heteroatoms. The van der Waals surface area contributed by atoms with Gasteiger partial charge in [-0.1, -0.05) is 0 Å². The maximum atomic E-state index is 11.3. The van der Waals surface area contributed by atoms with Gasteiger partial charge in [0.15, 0.2) is 0 Å². The van der Waals surface area contributed by atoms with Crippen LogP contribution >= 0.6 is 0 Å². The van der Waals surface area contributed by atoms with Gasteiger partial charge in [0, 0.05) is 17.8 Å². The lowest BCUT2D eigenvalue weighted by Gasteiger charge is -2.21. The van der Waals surface area contributed by atoms with Gasteiger partial charge >= 0.3 is 0 Å². The van der Waals surface area contributed by atoms with Crippen LogP contribution in [-0.4, -0.2) is 29.9 Å². The lowest BCUT2D eigenvalue weighted by atomic mass is 9.99. The van der Waals surface area contributed by atoms with Gasteiger partial charge in [-0.05, 0) is 18.9 Å². The smallest absolute Gasteiger partial charge is 0.150 e. The molecule has 0 unspecified atom stereocenters. The van der Waals surface area contributed by atoms with Gasteiger partial charge in [0.1, 0.15) is 15.7 Å². The van der Waals surface area contributed by atoms with E-state index in [2.05, 4.69) is 9.97 Å². The van der Waals surface area contributed by atoms with Crippen LogP contribution in [0.5, 0.6) is 0 Å². The summed E-state index contributed by atoms with van der Waals surface area (Å²) in [7, 11) is -2.81. The maximum absolute atomic E-state index is 11.3. The highest BCUT2D eigenvalue weighted by atomic mass is 32.2. The molecule has 0 radical (unpaired) electrons. The predicted octanol–water partition coefficient (Wildman–Crippen LogP) is 0.227. The zero-order chi connectivity index (χ0) is 11.6. The quantitative estimate of drug-likeness (QED) is 0.801. The van der Waals surface area contributed by atoms with Crippen LogP contribution in [0.1, 0.15) is 30.3 Å². The third-order valence-corrected chi connectivity index (χ3v) is 4.60. The van der Waals surface area contributed by atoms with Gasteiger partial charge in [-0.25, -0.2) is 18.4 Å². The number of aromatic nitrogens is 2. The lowest BCUT2D eigenvalue weighted by Crippen LogP contribution is -2.23. The van der Waals surface area contributed by atoms with E-state index in [-0.39, 0.29) is 17.4 Å². The van der Waals surface area contributed by atoms with Crippen LogP contribution in [-0.2, 0) is 16.4 Å². The van der Waals surface area contributed by atoms with Crippen LogP contribution in [0.3, 0.4) is 0 Å². The molecule has 0 aromatic carbocycles. The molecule has 1 aliphatic heterocycles. The predicted molar refractivity (Wildman–Crippen MR) is 60.6 cm³/mol. The minimum atomic E-state index is -2.81. The van der Waals surface area contributed by atoms with E-state index in [0.717, 1.165) is 5.69 Å². The average Bonchev–Trinajstić information content (AvgIpc) is 2.29. The molecule has 0 atom stereocenters. The molecule has 0 bridgehead atoms. The Kier molecular flexibility index (Phi) is 3.20. The molecule has 1 fully saturated rings. The molecule has 1 saturated heterocycles. The highest BCUT2D eigenvalue weighted by Gasteiger charge is 2.25. The van der Waals surface area contributed by atoms with Crippen molar-refractivity contribution in [3.8, 4) is 0 Å². The first-order valence-electron chi connectivity index (χ1n) is 5.33. The zero-order valence-electron chi connectivity index (χ0n) is 8.96. The van der Waals surface area contributed by atoms with Crippen LogP contribution in [0.15, 0.2) is 12.3 Å². The molecular formula is C10H15N3O2S. The maximum Gasteiger partial charge on any atom is 0.150 e. The van der Waals surface area contributed by atoms with Crippen LogP contribution in [0.2, 0.25) is 0 Å². The van der Waals surface area contributed by atoms with Crippen LogP contribution in [0.4, 0.5) is 0 Å². The van der Waals surface area contributed by atoms with E-state index in [4.69, 9.17) is 5.73 Å². The van der Waals surface area contributed by atoms with Crippen molar-refractivity contribution in [3.63, 3.8) is 0 Å². The fourth-order valence-electron chi connectivity index (χ4n) is 1.93. The molecule has 0 spiro atoms. The fourth-order valence-corrected chi connectivity index (χ4v) is 3.42. The third kappa shape index (κ3) is 2.56. The molecule has 1 aliphatic rings. The normalized spacial score (nSPS) is 20.8. The van der Waals surface area contributed by atoms with Crippen molar-refractivity contribution in [2.24, 2.45) is 5.73 Å². The second-order valence-corrected chi connectivity index (χ2v) is 6.33. The minimum absolute atomic E-state index is 0.233. The average molecular weight is 241 g/mol. The molecule has 2 heterocycles. The first-order chi connectivity index (χ1) is 7.61. The van der Waals surface area contributed by atoms with E-state index in [1.165, 1.54) is 0 Å². The summed E-state index contributed by atoms with van der Waals surface area (Å²) in [4.78, 5) is 8.36. The molecule has 16 heavy (non-hydrogen) atoms. The van der Waals surface area contributed by atoms with Gasteiger partial charge in [0.2, 0.25) is 0 Å². The van der Waals surface area contributed by atoms with Crippen molar-refractivity contribution in [3.05, 3.63) is 23.8 Å². The van der Waals surface area contributed by atoms with E-state index >= 15 is 0 Å². The zero-order valence-corrected chi connectivity index (χ0v) is 9.78. The van der Waals surface area contributed by atoms with Gasteiger partial charge < -0.3 is 5.73 Å². The molecule has 5 nitrogen and oxygen atoms in total. The Bertz CT molecular complexity index is 459. The summed E-state index contributed by atoms with van der Waals surface area (Å²) < 4.78 is 22.6. The van der Waals surface area contributed by atoms with Crippen LogP contribution in [0.25, 0.3) is 0 Å². The Morgan fingerprint density at radius 3 is 2.69 bits per heavy atom.